The Hall–Kier alpha value is -1.35. The zero-order valence-corrected chi connectivity index (χ0v) is 8.85. The summed E-state index contributed by atoms with van der Waals surface area (Å²) in [6, 6.07) is 6.07. The van der Waals surface area contributed by atoms with E-state index in [2.05, 4.69) is 6.07 Å². The fourth-order valence-electron chi connectivity index (χ4n) is 1.45. The van der Waals surface area contributed by atoms with Crippen molar-refractivity contribution in [3.05, 3.63) is 44.4 Å². The SMILES string of the molecule is Cc1ccc(-c2csc(=O)o2)c(C)c1. The van der Waals surface area contributed by atoms with Crippen molar-refractivity contribution in [1.82, 2.24) is 0 Å². The molecule has 0 aliphatic rings. The van der Waals surface area contributed by atoms with Crippen LogP contribution in [-0.4, -0.2) is 0 Å². The first-order valence-corrected chi connectivity index (χ1v) is 5.21. The first-order chi connectivity index (χ1) is 6.66. The van der Waals surface area contributed by atoms with Gasteiger partial charge in [0.25, 0.3) is 0 Å². The van der Waals surface area contributed by atoms with E-state index in [4.69, 9.17) is 4.42 Å². The molecule has 0 atom stereocenters. The molecular formula is C11H10O2S. The lowest BCUT2D eigenvalue weighted by atomic mass is 10.0. The maximum atomic E-state index is 10.9. The van der Waals surface area contributed by atoms with Crippen molar-refractivity contribution < 1.29 is 4.42 Å². The third-order valence-corrected chi connectivity index (χ3v) is 2.71. The fourth-order valence-corrected chi connectivity index (χ4v) is 1.96. The first-order valence-electron chi connectivity index (χ1n) is 4.33. The van der Waals surface area contributed by atoms with Crippen molar-refractivity contribution in [1.29, 1.82) is 0 Å². The molecule has 1 aromatic carbocycles. The van der Waals surface area contributed by atoms with E-state index in [1.807, 2.05) is 26.0 Å². The monoisotopic (exact) mass is 206 g/mol. The maximum absolute atomic E-state index is 10.9. The fraction of sp³-hybridized carbons (Fsp3) is 0.182. The number of aryl methyl sites for hydroxylation is 2. The van der Waals surface area contributed by atoms with Crippen LogP contribution < -0.4 is 4.94 Å². The molecular weight excluding hydrogens is 196 g/mol. The van der Waals surface area contributed by atoms with Gasteiger partial charge in [-0.2, -0.15) is 0 Å². The van der Waals surface area contributed by atoms with Crippen molar-refractivity contribution in [2.75, 3.05) is 0 Å². The van der Waals surface area contributed by atoms with E-state index in [1.165, 1.54) is 5.56 Å². The molecule has 0 bridgehead atoms. The van der Waals surface area contributed by atoms with E-state index in [0.29, 0.717) is 5.76 Å². The second-order valence-electron chi connectivity index (χ2n) is 3.27. The Morgan fingerprint density at radius 1 is 1.29 bits per heavy atom. The standard InChI is InChI=1S/C11H10O2S/c1-7-3-4-9(8(2)5-7)10-6-14-11(12)13-10/h3-6H,1-2H3. The van der Waals surface area contributed by atoms with Gasteiger partial charge in [-0.25, -0.2) is 4.79 Å². The van der Waals surface area contributed by atoms with Crippen LogP contribution in [0, 0.1) is 13.8 Å². The van der Waals surface area contributed by atoms with Crippen molar-refractivity contribution in [2.24, 2.45) is 0 Å². The summed E-state index contributed by atoms with van der Waals surface area (Å²) >= 11 is 1.09. The van der Waals surface area contributed by atoms with Crippen molar-refractivity contribution in [2.45, 2.75) is 13.8 Å². The Labute approximate surface area is 85.8 Å². The predicted molar refractivity (Wildman–Crippen MR) is 57.8 cm³/mol. The number of rotatable bonds is 1. The molecule has 0 radical (unpaired) electrons. The molecule has 2 nitrogen and oxygen atoms in total. The average Bonchev–Trinajstić information content (AvgIpc) is 2.51. The van der Waals surface area contributed by atoms with E-state index < -0.39 is 0 Å². The third-order valence-electron chi connectivity index (χ3n) is 2.10. The van der Waals surface area contributed by atoms with E-state index >= 15 is 0 Å². The Morgan fingerprint density at radius 2 is 2.07 bits per heavy atom. The summed E-state index contributed by atoms with van der Waals surface area (Å²) in [7, 11) is 0. The Morgan fingerprint density at radius 3 is 2.64 bits per heavy atom. The smallest absolute Gasteiger partial charge is 0.395 e. The van der Waals surface area contributed by atoms with Crippen molar-refractivity contribution in [3.63, 3.8) is 0 Å². The summed E-state index contributed by atoms with van der Waals surface area (Å²) in [6.07, 6.45) is 0. The molecule has 0 aliphatic carbocycles. The zero-order chi connectivity index (χ0) is 10.1. The Balaban J connectivity index is 2.57. The second-order valence-corrected chi connectivity index (χ2v) is 4.08. The van der Waals surface area contributed by atoms with E-state index in [-0.39, 0.29) is 4.94 Å². The predicted octanol–water partition coefficient (Wildman–Crippen LogP) is 2.99. The molecule has 3 heteroatoms. The topological polar surface area (TPSA) is 30.2 Å². The molecule has 0 saturated carbocycles. The lowest BCUT2D eigenvalue weighted by molar-refractivity contribution is 0.552. The minimum absolute atomic E-state index is 0.250. The van der Waals surface area contributed by atoms with Crippen LogP contribution in [0.25, 0.3) is 11.3 Å². The lowest BCUT2D eigenvalue weighted by Crippen LogP contribution is -1.85. The number of hydrogen-bond acceptors (Lipinski definition) is 3. The quantitative estimate of drug-likeness (QED) is 0.718. The van der Waals surface area contributed by atoms with Gasteiger partial charge in [0.05, 0.1) is 0 Å². The summed E-state index contributed by atoms with van der Waals surface area (Å²) in [5.74, 6) is 0.664. The summed E-state index contributed by atoms with van der Waals surface area (Å²) < 4.78 is 5.05. The van der Waals surface area contributed by atoms with Gasteiger partial charge in [0.15, 0.2) is 0 Å². The van der Waals surface area contributed by atoms with Gasteiger partial charge in [0.1, 0.15) is 5.76 Å². The van der Waals surface area contributed by atoms with E-state index in [0.717, 1.165) is 22.5 Å². The van der Waals surface area contributed by atoms with Gasteiger partial charge < -0.3 is 4.42 Å². The van der Waals surface area contributed by atoms with Crippen LogP contribution >= 0.6 is 11.3 Å². The molecule has 0 saturated heterocycles. The van der Waals surface area contributed by atoms with Gasteiger partial charge in [-0.3, -0.25) is 0 Å². The van der Waals surface area contributed by atoms with Gasteiger partial charge in [0.2, 0.25) is 0 Å². The van der Waals surface area contributed by atoms with Gasteiger partial charge in [-0.1, -0.05) is 35.1 Å². The zero-order valence-electron chi connectivity index (χ0n) is 8.03. The molecule has 72 valence electrons. The molecule has 1 aromatic heterocycles. The number of hydrogen-bond donors (Lipinski definition) is 0. The summed E-state index contributed by atoms with van der Waals surface area (Å²) in [5.41, 5.74) is 3.34. The van der Waals surface area contributed by atoms with Crippen LogP contribution in [0.15, 0.2) is 32.8 Å². The molecule has 0 N–H and O–H groups in total. The van der Waals surface area contributed by atoms with Gasteiger partial charge >= 0.3 is 4.94 Å². The van der Waals surface area contributed by atoms with E-state index in [1.54, 1.807) is 5.38 Å². The third kappa shape index (κ3) is 1.63. The summed E-state index contributed by atoms with van der Waals surface area (Å²) in [4.78, 5) is 10.6. The number of benzene rings is 1. The van der Waals surface area contributed by atoms with Crippen LogP contribution in [0.4, 0.5) is 0 Å². The highest BCUT2D eigenvalue weighted by atomic mass is 32.1. The molecule has 0 amide bonds. The average molecular weight is 206 g/mol. The second kappa shape index (κ2) is 3.42. The highest BCUT2D eigenvalue weighted by Crippen LogP contribution is 2.24. The molecule has 0 aliphatic heterocycles. The largest absolute Gasteiger partial charge is 0.414 e. The van der Waals surface area contributed by atoms with E-state index in [9.17, 15) is 4.79 Å². The van der Waals surface area contributed by atoms with Crippen LogP contribution in [0.1, 0.15) is 11.1 Å². The molecule has 14 heavy (non-hydrogen) atoms. The first kappa shape index (κ1) is 9.21. The Bertz CT molecular complexity index is 508. The van der Waals surface area contributed by atoms with Gasteiger partial charge in [-0.05, 0) is 19.4 Å². The van der Waals surface area contributed by atoms with Crippen LogP contribution in [0.2, 0.25) is 0 Å². The summed E-state index contributed by atoms with van der Waals surface area (Å²) in [6.45, 7) is 4.06. The Kier molecular flexibility index (Phi) is 2.25. The molecule has 0 fully saturated rings. The minimum atomic E-state index is -0.250. The van der Waals surface area contributed by atoms with Crippen LogP contribution in [0.3, 0.4) is 0 Å². The van der Waals surface area contributed by atoms with Crippen molar-refractivity contribution in [3.8, 4) is 11.3 Å². The minimum Gasteiger partial charge on any atom is -0.414 e. The lowest BCUT2D eigenvalue weighted by Gasteiger charge is -2.02. The normalized spacial score (nSPS) is 10.4. The molecule has 2 aromatic rings. The molecule has 1 heterocycles. The highest BCUT2D eigenvalue weighted by molar-refractivity contribution is 7.07. The molecule has 2 rings (SSSR count). The van der Waals surface area contributed by atoms with Crippen LogP contribution in [-0.2, 0) is 0 Å². The maximum Gasteiger partial charge on any atom is 0.395 e. The summed E-state index contributed by atoms with van der Waals surface area (Å²) in [5, 5.41) is 1.75. The molecule has 0 unspecified atom stereocenters. The van der Waals surface area contributed by atoms with Gasteiger partial charge in [0, 0.05) is 10.9 Å². The van der Waals surface area contributed by atoms with Crippen LogP contribution in [0.5, 0.6) is 0 Å². The van der Waals surface area contributed by atoms with Crippen molar-refractivity contribution >= 4 is 11.3 Å². The highest BCUT2D eigenvalue weighted by Gasteiger charge is 2.06. The van der Waals surface area contributed by atoms with Gasteiger partial charge in [-0.15, -0.1) is 0 Å². The molecule has 0 spiro atoms.